The van der Waals surface area contributed by atoms with Crippen LogP contribution in [0.15, 0.2) is 18.2 Å². The highest BCUT2D eigenvalue weighted by Gasteiger charge is 2.22. The molecule has 1 saturated heterocycles. The van der Waals surface area contributed by atoms with Crippen LogP contribution in [-0.2, 0) is 13.0 Å². The van der Waals surface area contributed by atoms with E-state index in [0.29, 0.717) is 0 Å². The van der Waals surface area contributed by atoms with Gasteiger partial charge in [-0.3, -0.25) is 4.90 Å². The van der Waals surface area contributed by atoms with Crippen LogP contribution in [-0.4, -0.2) is 49.1 Å². The number of hydrogen-bond donors (Lipinski definition) is 0. The van der Waals surface area contributed by atoms with E-state index in [9.17, 15) is 0 Å². The van der Waals surface area contributed by atoms with Gasteiger partial charge < -0.3 is 9.64 Å². The van der Waals surface area contributed by atoms with Crippen molar-refractivity contribution >= 4 is 0 Å². The van der Waals surface area contributed by atoms with Crippen LogP contribution < -0.4 is 4.74 Å². The van der Waals surface area contributed by atoms with E-state index in [0.717, 1.165) is 31.2 Å². The van der Waals surface area contributed by atoms with Crippen molar-refractivity contribution in [2.24, 2.45) is 5.92 Å². The molecule has 1 aromatic carbocycles. The van der Waals surface area contributed by atoms with Crippen LogP contribution >= 0.6 is 0 Å². The number of benzene rings is 1. The molecule has 0 unspecified atom stereocenters. The van der Waals surface area contributed by atoms with Crippen molar-refractivity contribution in [1.29, 1.82) is 0 Å². The Labute approximate surface area is 159 Å². The maximum Gasteiger partial charge on any atom is 0.119 e. The third kappa shape index (κ3) is 5.01. The number of piperidine rings is 1. The second kappa shape index (κ2) is 9.23. The lowest BCUT2D eigenvalue weighted by Gasteiger charge is -2.31. The Balaban J connectivity index is 1.21. The van der Waals surface area contributed by atoms with E-state index in [1.54, 1.807) is 0 Å². The first kappa shape index (κ1) is 18.3. The number of rotatable bonds is 7. The minimum absolute atomic E-state index is 0.850. The van der Waals surface area contributed by atoms with Crippen molar-refractivity contribution in [2.75, 3.05) is 39.3 Å². The van der Waals surface area contributed by atoms with Crippen LogP contribution in [0.4, 0.5) is 0 Å². The Morgan fingerprint density at radius 3 is 2.58 bits per heavy atom. The minimum Gasteiger partial charge on any atom is -0.494 e. The Morgan fingerprint density at radius 1 is 0.885 bits per heavy atom. The van der Waals surface area contributed by atoms with E-state index < -0.39 is 0 Å². The van der Waals surface area contributed by atoms with E-state index in [4.69, 9.17) is 4.74 Å². The van der Waals surface area contributed by atoms with Crippen molar-refractivity contribution in [3.05, 3.63) is 29.3 Å². The molecule has 0 bridgehead atoms. The fraction of sp³-hybridized carbons (Fsp3) is 0.739. The van der Waals surface area contributed by atoms with Gasteiger partial charge in [-0.1, -0.05) is 25.3 Å². The zero-order valence-electron chi connectivity index (χ0n) is 16.4. The first-order chi connectivity index (χ1) is 12.9. The van der Waals surface area contributed by atoms with Crippen molar-refractivity contribution in [1.82, 2.24) is 9.80 Å². The number of fused-ring (bicyclic) bond motifs is 1. The topological polar surface area (TPSA) is 15.7 Å². The Kier molecular flexibility index (Phi) is 6.50. The number of hydrogen-bond acceptors (Lipinski definition) is 3. The van der Waals surface area contributed by atoms with Crippen LogP contribution in [0, 0.1) is 5.92 Å². The average Bonchev–Trinajstić information content (AvgIpc) is 3.19. The lowest BCUT2D eigenvalue weighted by Crippen LogP contribution is -2.34. The summed E-state index contributed by atoms with van der Waals surface area (Å²) >= 11 is 0. The van der Waals surface area contributed by atoms with Crippen molar-refractivity contribution in [2.45, 2.75) is 64.3 Å². The van der Waals surface area contributed by atoms with Gasteiger partial charge in [-0.15, -0.1) is 0 Å². The van der Waals surface area contributed by atoms with Gasteiger partial charge >= 0.3 is 0 Å². The first-order valence-electron chi connectivity index (χ1n) is 11.1. The molecule has 1 saturated carbocycles. The molecule has 0 amide bonds. The zero-order chi connectivity index (χ0) is 17.6. The van der Waals surface area contributed by atoms with Crippen LogP contribution in [0.1, 0.15) is 62.5 Å². The van der Waals surface area contributed by atoms with E-state index in [-0.39, 0.29) is 0 Å². The molecule has 1 aliphatic carbocycles. The van der Waals surface area contributed by atoms with Crippen LogP contribution in [0.3, 0.4) is 0 Å². The molecule has 2 heterocycles. The molecule has 144 valence electrons. The molecule has 0 radical (unpaired) electrons. The zero-order valence-corrected chi connectivity index (χ0v) is 16.4. The second-order valence-corrected chi connectivity index (χ2v) is 8.67. The quantitative estimate of drug-likeness (QED) is 0.670. The molecule has 0 spiro atoms. The van der Waals surface area contributed by atoms with Crippen LogP contribution in [0.5, 0.6) is 5.75 Å². The average molecular weight is 357 g/mol. The summed E-state index contributed by atoms with van der Waals surface area (Å²) in [4.78, 5) is 5.27. The van der Waals surface area contributed by atoms with Gasteiger partial charge in [0.15, 0.2) is 0 Å². The summed E-state index contributed by atoms with van der Waals surface area (Å²) in [5.41, 5.74) is 3.04. The molecular weight excluding hydrogens is 320 g/mol. The molecule has 26 heavy (non-hydrogen) atoms. The molecular formula is C23H36N2O. The van der Waals surface area contributed by atoms with Gasteiger partial charge in [0.05, 0.1) is 6.61 Å². The van der Waals surface area contributed by atoms with E-state index in [2.05, 4.69) is 28.0 Å². The molecule has 4 rings (SSSR count). The fourth-order valence-electron chi connectivity index (χ4n) is 5.05. The van der Waals surface area contributed by atoms with Gasteiger partial charge in [-0.25, -0.2) is 0 Å². The van der Waals surface area contributed by atoms with Gasteiger partial charge in [0.1, 0.15) is 5.75 Å². The summed E-state index contributed by atoms with van der Waals surface area (Å²) in [7, 11) is 0. The summed E-state index contributed by atoms with van der Waals surface area (Å²) in [6.45, 7) is 8.30. The normalized spacial score (nSPS) is 22.5. The van der Waals surface area contributed by atoms with Gasteiger partial charge in [0, 0.05) is 26.2 Å². The molecule has 1 aromatic rings. The summed E-state index contributed by atoms with van der Waals surface area (Å²) in [5, 5.41) is 0. The molecule has 2 fully saturated rings. The van der Waals surface area contributed by atoms with Gasteiger partial charge in [0.25, 0.3) is 0 Å². The smallest absolute Gasteiger partial charge is 0.119 e. The van der Waals surface area contributed by atoms with Gasteiger partial charge in [-0.2, -0.15) is 0 Å². The highest BCUT2D eigenvalue weighted by molar-refractivity contribution is 5.37. The highest BCUT2D eigenvalue weighted by atomic mass is 16.5. The third-order valence-electron chi connectivity index (χ3n) is 6.60. The molecule has 3 aliphatic rings. The highest BCUT2D eigenvalue weighted by Crippen LogP contribution is 2.29. The van der Waals surface area contributed by atoms with E-state index in [1.807, 2.05) is 0 Å². The molecule has 2 aliphatic heterocycles. The largest absolute Gasteiger partial charge is 0.494 e. The molecule has 0 atom stereocenters. The third-order valence-corrected chi connectivity index (χ3v) is 6.60. The molecule has 0 aromatic heterocycles. The van der Waals surface area contributed by atoms with Crippen molar-refractivity contribution in [3.8, 4) is 5.75 Å². The second-order valence-electron chi connectivity index (χ2n) is 8.67. The van der Waals surface area contributed by atoms with Crippen LogP contribution in [0.25, 0.3) is 0 Å². The Morgan fingerprint density at radius 2 is 1.73 bits per heavy atom. The number of likely N-dealkylation sites (tertiary alicyclic amines) is 1. The van der Waals surface area contributed by atoms with Gasteiger partial charge in [0.2, 0.25) is 0 Å². The Bertz CT molecular complexity index is 561. The van der Waals surface area contributed by atoms with E-state index >= 15 is 0 Å². The Hall–Kier alpha value is -1.06. The maximum atomic E-state index is 6.06. The van der Waals surface area contributed by atoms with E-state index in [1.165, 1.54) is 95.2 Å². The number of nitrogens with zero attached hydrogens (tertiary/aromatic N) is 2. The molecule has 3 nitrogen and oxygen atoms in total. The summed E-state index contributed by atoms with van der Waals surface area (Å²) in [5.74, 6) is 2.03. The van der Waals surface area contributed by atoms with Gasteiger partial charge in [-0.05, 0) is 80.8 Å². The fourth-order valence-corrected chi connectivity index (χ4v) is 5.05. The van der Waals surface area contributed by atoms with Crippen molar-refractivity contribution in [3.63, 3.8) is 0 Å². The molecule has 0 N–H and O–H groups in total. The molecule has 3 heteroatoms. The monoisotopic (exact) mass is 356 g/mol. The minimum atomic E-state index is 0.850. The first-order valence-corrected chi connectivity index (χ1v) is 11.1. The predicted octanol–water partition coefficient (Wildman–Crippen LogP) is 4.49. The lowest BCUT2D eigenvalue weighted by molar-refractivity contribution is 0.204. The lowest BCUT2D eigenvalue weighted by atomic mass is 9.98. The SMILES string of the molecule is c1cc2c(cc1OCCCN1CCCCC1)CCN(CC1CCCC1)C2. The summed E-state index contributed by atoms with van der Waals surface area (Å²) < 4.78 is 6.06. The van der Waals surface area contributed by atoms with Crippen LogP contribution in [0.2, 0.25) is 0 Å². The number of ether oxygens (including phenoxy) is 1. The summed E-state index contributed by atoms with van der Waals surface area (Å²) in [6.07, 6.45) is 12.3. The standard InChI is InChI=1S/C23H36N2O/c1-4-12-24(13-5-1)14-6-16-26-23-10-9-22-19-25(15-11-21(22)17-23)18-20-7-2-3-8-20/h9-10,17,20H,1-8,11-16,18-19H2. The summed E-state index contributed by atoms with van der Waals surface area (Å²) in [6, 6.07) is 6.82. The van der Waals surface area contributed by atoms with Crippen molar-refractivity contribution < 1.29 is 4.74 Å². The predicted molar refractivity (Wildman–Crippen MR) is 108 cm³/mol. The maximum absolute atomic E-state index is 6.06.